The maximum Gasteiger partial charge on any atom is 0.337 e. The molecule has 10 nitrogen and oxygen atoms in total. The normalized spacial score (nSPS) is 11.0. The van der Waals surface area contributed by atoms with E-state index < -0.39 is 5.97 Å². The highest BCUT2D eigenvalue weighted by Crippen LogP contribution is 2.28. The summed E-state index contributed by atoms with van der Waals surface area (Å²) in [6.45, 7) is 2.35. The summed E-state index contributed by atoms with van der Waals surface area (Å²) < 4.78 is 3.09. The van der Waals surface area contributed by atoms with Crippen LogP contribution in [0.3, 0.4) is 0 Å². The molecular formula is C26H23N7O3. The van der Waals surface area contributed by atoms with Crippen LogP contribution in [0.4, 0.5) is 0 Å². The van der Waals surface area contributed by atoms with Gasteiger partial charge in [-0.3, -0.25) is 14.1 Å². The third kappa shape index (κ3) is 4.31. The van der Waals surface area contributed by atoms with Gasteiger partial charge in [-0.05, 0) is 40.6 Å². The van der Waals surface area contributed by atoms with Crippen LogP contribution >= 0.6 is 0 Å². The summed E-state index contributed by atoms with van der Waals surface area (Å²) in [6.07, 6.45) is 5.00. The molecule has 5 aromatic rings. The number of hydrogen-bond acceptors (Lipinski definition) is 6. The van der Waals surface area contributed by atoms with Crippen molar-refractivity contribution in [3.8, 4) is 28.3 Å². The summed E-state index contributed by atoms with van der Waals surface area (Å²) >= 11 is 0. The van der Waals surface area contributed by atoms with E-state index in [4.69, 9.17) is 0 Å². The van der Waals surface area contributed by atoms with E-state index in [1.807, 2.05) is 43.3 Å². The molecule has 3 aromatic heterocycles. The number of nitrogens with zero attached hydrogens (tertiary/aromatic N) is 6. The van der Waals surface area contributed by atoms with Crippen molar-refractivity contribution in [3.05, 3.63) is 100 Å². The van der Waals surface area contributed by atoms with Gasteiger partial charge in [0.2, 0.25) is 0 Å². The standard InChI is InChI=1S/C26H23N7O3/c1-2-7-18-16-33(23-11-6-5-10-21(23)25(34)35)26(36)32(18)15-17-12-13-22(27-14-17)19-8-3-4-9-20(19)24-28-30-31-29-24/h3-6,8-14,16H,2,7,15H2,1H3,(H,34,35)(H,28,29,30,31). The van der Waals surface area contributed by atoms with E-state index in [-0.39, 0.29) is 11.3 Å². The van der Waals surface area contributed by atoms with Crippen LogP contribution in [0.5, 0.6) is 0 Å². The van der Waals surface area contributed by atoms with Crippen LogP contribution in [0.15, 0.2) is 77.9 Å². The molecule has 0 atom stereocenters. The Morgan fingerprint density at radius 3 is 2.50 bits per heavy atom. The van der Waals surface area contributed by atoms with Gasteiger partial charge in [0.05, 0.1) is 23.5 Å². The predicted octanol–water partition coefficient (Wildman–Crippen LogP) is 3.58. The number of para-hydroxylation sites is 1. The molecule has 0 unspecified atom stereocenters. The zero-order chi connectivity index (χ0) is 25.1. The lowest BCUT2D eigenvalue weighted by molar-refractivity contribution is 0.0697. The molecule has 5 rings (SSSR count). The number of carboxylic acids is 1. The molecule has 0 spiro atoms. The van der Waals surface area contributed by atoms with E-state index in [9.17, 15) is 14.7 Å². The number of rotatable bonds is 8. The third-order valence-corrected chi connectivity index (χ3v) is 5.93. The number of pyridine rings is 1. The van der Waals surface area contributed by atoms with Crippen molar-refractivity contribution in [1.82, 2.24) is 34.7 Å². The minimum absolute atomic E-state index is 0.0754. The molecule has 0 radical (unpaired) electrons. The van der Waals surface area contributed by atoms with Gasteiger partial charge in [0.1, 0.15) is 0 Å². The van der Waals surface area contributed by atoms with Gasteiger partial charge in [0.25, 0.3) is 0 Å². The summed E-state index contributed by atoms with van der Waals surface area (Å²) in [6, 6.07) is 18.0. The SMILES string of the molecule is CCCc1cn(-c2ccccc2C(=O)O)c(=O)n1Cc1ccc(-c2ccccc2-c2nnn[nH]2)nc1. The Hall–Kier alpha value is -4.86. The number of carboxylic acid groups (broad SMARTS) is 1. The number of H-pyrrole nitrogens is 1. The second kappa shape index (κ2) is 9.79. The number of imidazole rings is 1. The maximum absolute atomic E-state index is 13.4. The number of nitrogens with one attached hydrogen (secondary N) is 1. The summed E-state index contributed by atoms with van der Waals surface area (Å²) in [5.41, 5.74) is 4.27. The molecule has 0 aliphatic carbocycles. The lowest BCUT2D eigenvalue weighted by Gasteiger charge is -2.09. The number of benzene rings is 2. The first-order chi connectivity index (χ1) is 17.6. The molecule has 0 saturated carbocycles. The monoisotopic (exact) mass is 481 g/mol. The van der Waals surface area contributed by atoms with Gasteiger partial charge in [-0.2, -0.15) is 0 Å². The molecule has 0 saturated heterocycles. The fourth-order valence-corrected chi connectivity index (χ4v) is 4.23. The van der Waals surface area contributed by atoms with Gasteiger partial charge < -0.3 is 5.11 Å². The zero-order valence-electron chi connectivity index (χ0n) is 19.5. The van der Waals surface area contributed by atoms with Crippen LogP contribution in [0.1, 0.15) is 35.0 Å². The van der Waals surface area contributed by atoms with E-state index >= 15 is 0 Å². The molecular weight excluding hydrogens is 458 g/mol. The molecule has 0 bridgehead atoms. The molecule has 0 aliphatic rings. The van der Waals surface area contributed by atoms with Crippen molar-refractivity contribution in [2.75, 3.05) is 0 Å². The van der Waals surface area contributed by atoms with Crippen LogP contribution in [-0.4, -0.2) is 45.8 Å². The number of hydrogen-bond donors (Lipinski definition) is 2. The largest absolute Gasteiger partial charge is 0.478 e. The number of tetrazole rings is 1. The van der Waals surface area contributed by atoms with E-state index in [2.05, 4.69) is 25.6 Å². The Labute approximate surface area is 205 Å². The van der Waals surface area contributed by atoms with Gasteiger partial charge in [-0.15, -0.1) is 5.10 Å². The van der Waals surface area contributed by atoms with Gasteiger partial charge in [-0.25, -0.2) is 14.7 Å². The first-order valence-electron chi connectivity index (χ1n) is 11.5. The molecule has 10 heteroatoms. The van der Waals surface area contributed by atoms with E-state index in [0.29, 0.717) is 24.5 Å². The average molecular weight is 482 g/mol. The topological polar surface area (TPSA) is 132 Å². The highest BCUT2D eigenvalue weighted by Gasteiger charge is 2.18. The number of carbonyl (C=O) groups is 1. The Morgan fingerprint density at radius 2 is 1.81 bits per heavy atom. The summed E-state index contributed by atoms with van der Waals surface area (Å²) in [5.74, 6) is -0.529. The molecule has 2 N–H and O–H groups in total. The molecule has 0 fully saturated rings. The number of aromatic carboxylic acids is 1. The number of aryl methyl sites for hydroxylation is 1. The Balaban J connectivity index is 1.49. The predicted molar refractivity (Wildman–Crippen MR) is 133 cm³/mol. The second-order valence-electron chi connectivity index (χ2n) is 8.28. The second-order valence-corrected chi connectivity index (χ2v) is 8.28. The lowest BCUT2D eigenvalue weighted by Crippen LogP contribution is -2.25. The number of aromatic nitrogens is 7. The molecule has 0 amide bonds. The van der Waals surface area contributed by atoms with Crippen LogP contribution < -0.4 is 5.69 Å². The summed E-state index contributed by atoms with van der Waals surface area (Å²) in [5, 5.41) is 23.7. The Morgan fingerprint density at radius 1 is 1.03 bits per heavy atom. The minimum Gasteiger partial charge on any atom is -0.478 e. The van der Waals surface area contributed by atoms with Gasteiger partial charge in [0, 0.05) is 29.2 Å². The van der Waals surface area contributed by atoms with Crippen LogP contribution in [0, 0.1) is 0 Å². The quantitative estimate of drug-likeness (QED) is 0.346. The van der Waals surface area contributed by atoms with Crippen LogP contribution in [-0.2, 0) is 13.0 Å². The smallest absolute Gasteiger partial charge is 0.337 e. The maximum atomic E-state index is 13.4. The van der Waals surface area contributed by atoms with Crippen molar-refractivity contribution in [1.29, 1.82) is 0 Å². The van der Waals surface area contributed by atoms with Crippen LogP contribution in [0.25, 0.3) is 28.3 Å². The first-order valence-corrected chi connectivity index (χ1v) is 11.5. The summed E-state index contributed by atoms with van der Waals surface area (Å²) in [4.78, 5) is 29.8. The van der Waals surface area contributed by atoms with Crippen molar-refractivity contribution < 1.29 is 9.90 Å². The average Bonchev–Trinajstić information content (AvgIpc) is 3.54. The minimum atomic E-state index is -1.08. The molecule has 0 aliphatic heterocycles. The van der Waals surface area contributed by atoms with Gasteiger partial charge in [0.15, 0.2) is 5.82 Å². The van der Waals surface area contributed by atoms with Crippen LogP contribution in [0.2, 0.25) is 0 Å². The highest BCUT2D eigenvalue weighted by atomic mass is 16.4. The van der Waals surface area contributed by atoms with E-state index in [1.165, 1.54) is 10.6 Å². The molecule has 2 aromatic carbocycles. The van der Waals surface area contributed by atoms with Crippen molar-refractivity contribution in [3.63, 3.8) is 0 Å². The third-order valence-electron chi connectivity index (χ3n) is 5.93. The molecule has 180 valence electrons. The fraction of sp³-hybridized carbons (Fsp3) is 0.154. The van der Waals surface area contributed by atoms with Crippen molar-refractivity contribution >= 4 is 5.97 Å². The lowest BCUT2D eigenvalue weighted by atomic mass is 10.0. The van der Waals surface area contributed by atoms with Crippen molar-refractivity contribution in [2.24, 2.45) is 0 Å². The Kier molecular flexibility index (Phi) is 6.23. The van der Waals surface area contributed by atoms with Gasteiger partial charge in [-0.1, -0.05) is 55.8 Å². The van der Waals surface area contributed by atoms with E-state index in [1.54, 1.807) is 35.2 Å². The Bertz CT molecular complexity index is 1570. The zero-order valence-corrected chi connectivity index (χ0v) is 19.5. The van der Waals surface area contributed by atoms with Crippen molar-refractivity contribution in [2.45, 2.75) is 26.3 Å². The fourth-order valence-electron chi connectivity index (χ4n) is 4.23. The van der Waals surface area contributed by atoms with Gasteiger partial charge >= 0.3 is 11.7 Å². The number of aromatic amines is 1. The summed E-state index contributed by atoms with van der Waals surface area (Å²) in [7, 11) is 0. The highest BCUT2D eigenvalue weighted by molar-refractivity contribution is 5.91. The molecule has 3 heterocycles. The molecule has 36 heavy (non-hydrogen) atoms. The first kappa shape index (κ1) is 22.9. The van der Waals surface area contributed by atoms with E-state index in [0.717, 1.165) is 34.5 Å².